The first-order valence-electron chi connectivity index (χ1n) is 9.67. The highest BCUT2D eigenvalue weighted by molar-refractivity contribution is 7.91. The van der Waals surface area contributed by atoms with Gasteiger partial charge in [0.05, 0.1) is 11.5 Å². The standard InChI is InChI=1S/C20H28N4O3S/c1-21-20(22-11-7-19(25)23-18-10-14-28(26,27)15-18)24-12-8-17(9-13-24)16-5-3-2-4-6-16/h2-6,8,18H,7,9-15H2,1H3,(H,21,22)(H,23,25). The van der Waals surface area contributed by atoms with E-state index in [1.165, 1.54) is 11.1 Å². The minimum Gasteiger partial charge on any atom is -0.356 e. The zero-order valence-corrected chi connectivity index (χ0v) is 17.0. The van der Waals surface area contributed by atoms with Crippen molar-refractivity contribution >= 4 is 27.3 Å². The summed E-state index contributed by atoms with van der Waals surface area (Å²) in [4.78, 5) is 18.5. The van der Waals surface area contributed by atoms with Crippen LogP contribution in [0.2, 0.25) is 0 Å². The fourth-order valence-electron chi connectivity index (χ4n) is 3.60. The molecule has 8 heteroatoms. The molecular weight excluding hydrogens is 376 g/mol. The van der Waals surface area contributed by atoms with E-state index < -0.39 is 9.84 Å². The number of nitrogens with zero attached hydrogens (tertiary/aromatic N) is 2. The maximum absolute atomic E-state index is 12.0. The van der Waals surface area contributed by atoms with Crippen molar-refractivity contribution in [2.24, 2.45) is 4.99 Å². The van der Waals surface area contributed by atoms with Crippen molar-refractivity contribution in [3.63, 3.8) is 0 Å². The third kappa shape index (κ3) is 5.58. The number of carbonyl (C=O) groups excluding carboxylic acids is 1. The van der Waals surface area contributed by atoms with Crippen molar-refractivity contribution < 1.29 is 13.2 Å². The van der Waals surface area contributed by atoms with Gasteiger partial charge in [0, 0.05) is 39.1 Å². The second-order valence-electron chi connectivity index (χ2n) is 7.18. The Labute approximate surface area is 166 Å². The maximum atomic E-state index is 12.0. The number of hydrogen-bond acceptors (Lipinski definition) is 4. The molecule has 1 fully saturated rings. The van der Waals surface area contributed by atoms with Gasteiger partial charge in [0.1, 0.15) is 0 Å². The van der Waals surface area contributed by atoms with E-state index in [4.69, 9.17) is 0 Å². The van der Waals surface area contributed by atoms with Crippen LogP contribution in [0.4, 0.5) is 0 Å². The second-order valence-corrected chi connectivity index (χ2v) is 9.41. The highest BCUT2D eigenvalue weighted by Gasteiger charge is 2.28. The number of rotatable bonds is 5. The number of nitrogens with one attached hydrogen (secondary N) is 2. The molecular formula is C20H28N4O3S. The lowest BCUT2D eigenvalue weighted by molar-refractivity contribution is -0.121. The van der Waals surface area contributed by atoms with Crippen molar-refractivity contribution in [3.8, 4) is 0 Å². The number of aliphatic imine (C=N–C) groups is 1. The number of amides is 1. The average molecular weight is 405 g/mol. The lowest BCUT2D eigenvalue weighted by Crippen LogP contribution is -2.45. The predicted octanol–water partition coefficient (Wildman–Crippen LogP) is 1.04. The zero-order chi connectivity index (χ0) is 20.0. The summed E-state index contributed by atoms with van der Waals surface area (Å²) in [6.45, 7) is 2.10. The average Bonchev–Trinajstić information content (AvgIpc) is 3.04. The largest absolute Gasteiger partial charge is 0.356 e. The van der Waals surface area contributed by atoms with Crippen LogP contribution in [-0.2, 0) is 14.6 Å². The molecule has 0 aliphatic carbocycles. The van der Waals surface area contributed by atoms with Crippen LogP contribution in [0.25, 0.3) is 5.57 Å². The topological polar surface area (TPSA) is 90.9 Å². The van der Waals surface area contributed by atoms with Crippen LogP contribution >= 0.6 is 0 Å². The van der Waals surface area contributed by atoms with Crippen LogP contribution in [-0.4, -0.2) is 69.4 Å². The molecule has 2 aliphatic heterocycles. The summed E-state index contributed by atoms with van der Waals surface area (Å²) in [6, 6.07) is 10.1. The molecule has 0 radical (unpaired) electrons. The molecule has 2 N–H and O–H groups in total. The Balaban J connectivity index is 1.43. The Morgan fingerprint density at radius 1 is 1.29 bits per heavy atom. The first-order valence-corrected chi connectivity index (χ1v) is 11.5. The summed E-state index contributed by atoms with van der Waals surface area (Å²) >= 11 is 0. The fourth-order valence-corrected chi connectivity index (χ4v) is 5.28. The van der Waals surface area contributed by atoms with Gasteiger partial charge in [-0.1, -0.05) is 36.4 Å². The second kappa shape index (κ2) is 9.23. The third-order valence-electron chi connectivity index (χ3n) is 5.10. The number of guanidine groups is 1. The minimum absolute atomic E-state index is 0.0533. The number of benzene rings is 1. The molecule has 152 valence electrons. The van der Waals surface area contributed by atoms with E-state index in [0.29, 0.717) is 13.0 Å². The summed E-state index contributed by atoms with van der Waals surface area (Å²) in [5.41, 5.74) is 2.61. The molecule has 7 nitrogen and oxygen atoms in total. The van der Waals surface area contributed by atoms with E-state index in [2.05, 4.69) is 50.9 Å². The molecule has 2 heterocycles. The van der Waals surface area contributed by atoms with Gasteiger partial charge in [-0.3, -0.25) is 9.79 Å². The number of hydrogen-bond donors (Lipinski definition) is 2. The quantitative estimate of drug-likeness (QED) is 0.565. The molecule has 1 saturated heterocycles. The van der Waals surface area contributed by atoms with Crippen LogP contribution in [0.15, 0.2) is 41.4 Å². The summed E-state index contributed by atoms with van der Waals surface area (Å²) < 4.78 is 22.9. The summed E-state index contributed by atoms with van der Waals surface area (Å²) in [7, 11) is -1.24. The lowest BCUT2D eigenvalue weighted by Gasteiger charge is -2.29. The molecule has 2 aliphatic rings. The van der Waals surface area contributed by atoms with Gasteiger partial charge in [0.25, 0.3) is 0 Å². The molecule has 0 spiro atoms. The van der Waals surface area contributed by atoms with Crippen LogP contribution in [0.5, 0.6) is 0 Å². The van der Waals surface area contributed by atoms with E-state index in [1.54, 1.807) is 7.05 Å². The van der Waals surface area contributed by atoms with Gasteiger partial charge >= 0.3 is 0 Å². The Morgan fingerprint density at radius 2 is 2.07 bits per heavy atom. The first-order chi connectivity index (χ1) is 13.5. The van der Waals surface area contributed by atoms with E-state index in [1.807, 2.05) is 6.07 Å². The smallest absolute Gasteiger partial charge is 0.222 e. The van der Waals surface area contributed by atoms with Crippen molar-refractivity contribution in [1.29, 1.82) is 0 Å². The summed E-state index contributed by atoms with van der Waals surface area (Å²) in [5, 5.41) is 6.04. The molecule has 0 aromatic heterocycles. The Morgan fingerprint density at radius 3 is 2.68 bits per heavy atom. The van der Waals surface area contributed by atoms with Gasteiger partial charge < -0.3 is 15.5 Å². The fraction of sp³-hybridized carbons (Fsp3) is 0.500. The summed E-state index contributed by atoms with van der Waals surface area (Å²) in [5.74, 6) is 0.864. The SMILES string of the molecule is CN=C(NCCC(=O)NC1CCS(=O)(=O)C1)N1CC=C(c2ccccc2)CC1. The van der Waals surface area contributed by atoms with Crippen molar-refractivity contribution in [3.05, 3.63) is 42.0 Å². The summed E-state index contributed by atoms with van der Waals surface area (Å²) in [6.07, 6.45) is 3.96. The molecule has 3 rings (SSSR count). The van der Waals surface area contributed by atoms with E-state index >= 15 is 0 Å². The third-order valence-corrected chi connectivity index (χ3v) is 6.87. The van der Waals surface area contributed by atoms with E-state index in [-0.39, 0.29) is 29.9 Å². The van der Waals surface area contributed by atoms with E-state index in [9.17, 15) is 13.2 Å². The van der Waals surface area contributed by atoms with E-state index in [0.717, 1.165) is 25.5 Å². The normalized spacial score (nSPS) is 21.9. The van der Waals surface area contributed by atoms with Crippen LogP contribution in [0.1, 0.15) is 24.8 Å². The van der Waals surface area contributed by atoms with Gasteiger partial charge in [-0.15, -0.1) is 0 Å². The van der Waals surface area contributed by atoms with Crippen molar-refractivity contribution in [2.75, 3.05) is 38.2 Å². The van der Waals surface area contributed by atoms with Gasteiger partial charge in [0.2, 0.25) is 5.91 Å². The highest BCUT2D eigenvalue weighted by Crippen LogP contribution is 2.21. The van der Waals surface area contributed by atoms with Crippen molar-refractivity contribution in [2.45, 2.75) is 25.3 Å². The molecule has 1 unspecified atom stereocenters. The minimum atomic E-state index is -2.98. The predicted molar refractivity (Wildman–Crippen MR) is 112 cm³/mol. The Kier molecular flexibility index (Phi) is 6.72. The molecule has 1 amide bonds. The van der Waals surface area contributed by atoms with Crippen LogP contribution in [0.3, 0.4) is 0 Å². The number of sulfone groups is 1. The lowest BCUT2D eigenvalue weighted by atomic mass is 10.00. The van der Waals surface area contributed by atoms with Crippen LogP contribution < -0.4 is 10.6 Å². The Hall–Kier alpha value is -2.35. The van der Waals surface area contributed by atoms with Crippen LogP contribution in [0, 0.1) is 0 Å². The molecule has 1 aromatic rings. The zero-order valence-electron chi connectivity index (χ0n) is 16.2. The molecule has 0 bridgehead atoms. The van der Waals surface area contributed by atoms with Gasteiger partial charge in [0.15, 0.2) is 15.8 Å². The molecule has 1 atom stereocenters. The monoisotopic (exact) mass is 404 g/mol. The maximum Gasteiger partial charge on any atom is 0.222 e. The Bertz CT molecular complexity index is 849. The first kappa shape index (κ1) is 20.4. The molecule has 1 aromatic carbocycles. The van der Waals surface area contributed by atoms with Gasteiger partial charge in [-0.25, -0.2) is 8.42 Å². The van der Waals surface area contributed by atoms with Crippen molar-refractivity contribution in [1.82, 2.24) is 15.5 Å². The highest BCUT2D eigenvalue weighted by atomic mass is 32.2. The van der Waals surface area contributed by atoms with Gasteiger partial charge in [-0.2, -0.15) is 0 Å². The molecule has 28 heavy (non-hydrogen) atoms. The number of carbonyl (C=O) groups is 1. The molecule has 0 saturated carbocycles. The van der Waals surface area contributed by atoms with Gasteiger partial charge in [-0.05, 0) is 24.0 Å².